The number of benzene rings is 4. The number of phenolic OH excluding ortho intramolecular Hbond substituents is 1. The molecule has 2 aromatic heterocycles. The molecular formula is C30H21N3O2. The van der Waals surface area contributed by atoms with Crippen molar-refractivity contribution in [2.24, 2.45) is 0 Å². The van der Waals surface area contributed by atoms with Crippen molar-refractivity contribution < 1.29 is 9.84 Å². The molecule has 0 fully saturated rings. The Hall–Kier alpha value is -4.90. The van der Waals surface area contributed by atoms with Crippen molar-refractivity contribution >= 4 is 11.0 Å². The summed E-state index contributed by atoms with van der Waals surface area (Å²) in [4.78, 5) is 9.80. The number of rotatable bonds is 5. The lowest BCUT2D eigenvalue weighted by Gasteiger charge is -2.10. The van der Waals surface area contributed by atoms with E-state index in [9.17, 15) is 5.11 Å². The third-order valence-electron chi connectivity index (χ3n) is 5.83. The number of fused-ring (bicyclic) bond motifs is 1. The summed E-state index contributed by atoms with van der Waals surface area (Å²) in [5, 5.41) is 10.3. The predicted molar refractivity (Wildman–Crippen MR) is 138 cm³/mol. The summed E-state index contributed by atoms with van der Waals surface area (Å²) < 4.78 is 8.26. The molecule has 168 valence electrons. The quantitative estimate of drug-likeness (QED) is 0.297. The zero-order chi connectivity index (χ0) is 23.6. The number of nitrogens with zero attached hydrogens (tertiary/aromatic N) is 3. The molecule has 5 heteroatoms. The Morgan fingerprint density at radius 1 is 0.571 bits per heavy atom. The smallest absolute Gasteiger partial charge is 0.307 e. The molecule has 6 aromatic rings. The van der Waals surface area contributed by atoms with Gasteiger partial charge in [0.2, 0.25) is 0 Å². The van der Waals surface area contributed by atoms with Crippen LogP contribution in [0.4, 0.5) is 0 Å². The third-order valence-corrected chi connectivity index (χ3v) is 5.83. The molecule has 0 aliphatic carbocycles. The molecule has 2 heterocycles. The second kappa shape index (κ2) is 8.80. The van der Waals surface area contributed by atoms with Crippen molar-refractivity contribution in [3.8, 4) is 45.7 Å². The van der Waals surface area contributed by atoms with Crippen LogP contribution in [-0.2, 0) is 0 Å². The Bertz CT molecular complexity index is 1630. The van der Waals surface area contributed by atoms with Crippen LogP contribution in [0.2, 0.25) is 0 Å². The van der Waals surface area contributed by atoms with Gasteiger partial charge in [-0.1, -0.05) is 66.7 Å². The molecule has 0 amide bonds. The lowest BCUT2D eigenvalue weighted by atomic mass is 10.1. The summed E-state index contributed by atoms with van der Waals surface area (Å²) >= 11 is 0. The van der Waals surface area contributed by atoms with Gasteiger partial charge in [-0.25, -0.2) is 4.98 Å². The SMILES string of the molecule is Oc1ccccc1-c1cccc(-c2cccc3c2nc(Oc2ccccc2)n3-c2ccccc2)n1. The van der Waals surface area contributed by atoms with Crippen LogP contribution in [0.1, 0.15) is 0 Å². The maximum absolute atomic E-state index is 10.3. The Morgan fingerprint density at radius 3 is 1.97 bits per heavy atom. The average molecular weight is 456 g/mol. The van der Waals surface area contributed by atoms with E-state index in [4.69, 9.17) is 14.7 Å². The molecule has 0 atom stereocenters. The van der Waals surface area contributed by atoms with Crippen molar-refractivity contribution in [1.82, 2.24) is 14.5 Å². The van der Waals surface area contributed by atoms with Crippen molar-refractivity contribution in [3.05, 3.63) is 121 Å². The van der Waals surface area contributed by atoms with Crippen molar-refractivity contribution in [1.29, 1.82) is 0 Å². The minimum atomic E-state index is 0.197. The molecular weight excluding hydrogens is 434 g/mol. The molecule has 0 saturated carbocycles. The van der Waals surface area contributed by atoms with Gasteiger partial charge >= 0.3 is 6.01 Å². The first kappa shape index (κ1) is 20.7. The highest BCUT2D eigenvalue weighted by Gasteiger charge is 2.18. The van der Waals surface area contributed by atoms with Gasteiger partial charge in [0, 0.05) is 11.1 Å². The standard InChI is InChI=1S/C30H21N3O2/c34-28-20-8-7-15-23(28)25-17-10-18-26(31-25)24-16-9-19-27-29(24)32-30(35-22-13-5-2-6-14-22)33(27)21-11-3-1-4-12-21/h1-20,34H. The van der Waals surface area contributed by atoms with Crippen LogP contribution in [0.5, 0.6) is 17.5 Å². The second-order valence-corrected chi connectivity index (χ2v) is 8.08. The molecule has 0 unspecified atom stereocenters. The summed E-state index contributed by atoms with van der Waals surface area (Å²) in [5.74, 6) is 0.906. The molecule has 0 spiro atoms. The number of imidazole rings is 1. The van der Waals surface area contributed by atoms with Gasteiger partial charge in [0.05, 0.1) is 22.6 Å². The van der Waals surface area contributed by atoms with Crippen LogP contribution in [0.15, 0.2) is 121 Å². The van der Waals surface area contributed by atoms with Crippen LogP contribution in [0.3, 0.4) is 0 Å². The van der Waals surface area contributed by atoms with E-state index in [-0.39, 0.29) is 5.75 Å². The van der Waals surface area contributed by atoms with E-state index in [1.54, 1.807) is 12.1 Å². The molecule has 4 aromatic carbocycles. The highest BCUT2D eigenvalue weighted by atomic mass is 16.5. The fraction of sp³-hybridized carbons (Fsp3) is 0. The van der Waals surface area contributed by atoms with Crippen LogP contribution < -0.4 is 4.74 Å². The number of pyridine rings is 1. The number of aromatic nitrogens is 3. The lowest BCUT2D eigenvalue weighted by Crippen LogP contribution is -1.98. The molecule has 0 saturated heterocycles. The third kappa shape index (κ3) is 3.89. The summed E-state index contributed by atoms with van der Waals surface area (Å²) in [7, 11) is 0. The Balaban J connectivity index is 1.54. The van der Waals surface area contributed by atoms with E-state index >= 15 is 0 Å². The van der Waals surface area contributed by atoms with Crippen molar-refractivity contribution in [2.75, 3.05) is 0 Å². The van der Waals surface area contributed by atoms with E-state index in [0.29, 0.717) is 23.0 Å². The van der Waals surface area contributed by atoms with Crippen LogP contribution in [0, 0.1) is 0 Å². The first-order valence-corrected chi connectivity index (χ1v) is 11.3. The number of para-hydroxylation sites is 4. The fourth-order valence-corrected chi connectivity index (χ4v) is 4.20. The summed E-state index contributed by atoms with van der Waals surface area (Å²) in [6, 6.07) is 39.2. The Labute approximate surface area is 202 Å². The Kier molecular flexibility index (Phi) is 5.20. The van der Waals surface area contributed by atoms with Gasteiger partial charge in [-0.3, -0.25) is 4.57 Å². The molecule has 5 nitrogen and oxygen atoms in total. The van der Waals surface area contributed by atoms with Crippen LogP contribution >= 0.6 is 0 Å². The maximum Gasteiger partial charge on any atom is 0.307 e. The number of aromatic hydroxyl groups is 1. The molecule has 0 aliphatic heterocycles. The fourth-order valence-electron chi connectivity index (χ4n) is 4.20. The first-order chi connectivity index (χ1) is 17.3. The van der Waals surface area contributed by atoms with Gasteiger partial charge in [0.25, 0.3) is 0 Å². The molecule has 0 bridgehead atoms. The van der Waals surface area contributed by atoms with Crippen molar-refractivity contribution in [3.63, 3.8) is 0 Å². The van der Waals surface area contributed by atoms with E-state index < -0.39 is 0 Å². The summed E-state index contributed by atoms with van der Waals surface area (Å²) in [6.07, 6.45) is 0. The largest absolute Gasteiger partial charge is 0.507 e. The van der Waals surface area contributed by atoms with E-state index in [0.717, 1.165) is 28.0 Å². The minimum absolute atomic E-state index is 0.197. The average Bonchev–Trinajstić information content (AvgIpc) is 3.28. The minimum Gasteiger partial charge on any atom is -0.507 e. The molecule has 6 rings (SSSR count). The van der Waals surface area contributed by atoms with Crippen LogP contribution in [0.25, 0.3) is 39.2 Å². The van der Waals surface area contributed by atoms with Crippen molar-refractivity contribution in [2.45, 2.75) is 0 Å². The molecule has 0 aliphatic rings. The van der Waals surface area contributed by atoms with Gasteiger partial charge in [0.15, 0.2) is 0 Å². The second-order valence-electron chi connectivity index (χ2n) is 8.08. The first-order valence-electron chi connectivity index (χ1n) is 11.3. The van der Waals surface area contributed by atoms with Gasteiger partial charge in [-0.15, -0.1) is 0 Å². The molecule has 0 radical (unpaired) electrons. The number of ether oxygens (including phenoxy) is 1. The monoisotopic (exact) mass is 455 g/mol. The highest BCUT2D eigenvalue weighted by Crippen LogP contribution is 2.35. The van der Waals surface area contributed by atoms with Gasteiger partial charge in [-0.05, 0) is 54.6 Å². The topological polar surface area (TPSA) is 60.2 Å². The Morgan fingerprint density at radius 2 is 1.20 bits per heavy atom. The molecule has 1 N–H and O–H groups in total. The predicted octanol–water partition coefficient (Wildman–Crippen LogP) is 7.25. The van der Waals surface area contributed by atoms with Gasteiger partial charge in [0.1, 0.15) is 17.0 Å². The zero-order valence-corrected chi connectivity index (χ0v) is 18.7. The highest BCUT2D eigenvalue weighted by molar-refractivity contribution is 5.93. The lowest BCUT2D eigenvalue weighted by molar-refractivity contribution is 0.437. The van der Waals surface area contributed by atoms with Gasteiger partial charge in [-0.2, -0.15) is 4.98 Å². The summed E-state index contributed by atoms with van der Waals surface area (Å²) in [5.41, 5.74) is 5.67. The van der Waals surface area contributed by atoms with E-state index in [1.165, 1.54) is 0 Å². The van der Waals surface area contributed by atoms with E-state index in [1.807, 2.05) is 114 Å². The van der Waals surface area contributed by atoms with Gasteiger partial charge < -0.3 is 9.84 Å². The number of phenols is 1. The van der Waals surface area contributed by atoms with E-state index in [2.05, 4.69) is 0 Å². The summed E-state index contributed by atoms with van der Waals surface area (Å²) in [6.45, 7) is 0. The van der Waals surface area contributed by atoms with Crippen LogP contribution in [-0.4, -0.2) is 19.6 Å². The maximum atomic E-state index is 10.3. The normalized spacial score (nSPS) is 11.0. The zero-order valence-electron chi connectivity index (χ0n) is 18.7. The number of hydrogen-bond acceptors (Lipinski definition) is 4. The molecule has 35 heavy (non-hydrogen) atoms. The number of hydrogen-bond donors (Lipinski definition) is 1.